The predicted octanol–water partition coefficient (Wildman–Crippen LogP) is 2.65. The van der Waals surface area contributed by atoms with Crippen LogP contribution < -0.4 is 10.2 Å². The van der Waals surface area contributed by atoms with Crippen molar-refractivity contribution in [3.63, 3.8) is 0 Å². The number of piperidine rings is 1. The largest absolute Gasteiger partial charge is 0.469 e. The Bertz CT molecular complexity index is 1010. The molecule has 4 rings (SSSR count). The molecular formula is C23H31N3O5S. The van der Waals surface area contributed by atoms with E-state index >= 15 is 0 Å². The molecule has 1 atom stereocenters. The Kier molecular flexibility index (Phi) is 7.17. The molecular weight excluding hydrogens is 430 g/mol. The average Bonchev–Trinajstić information content (AvgIpc) is 3.32. The second kappa shape index (κ2) is 10.1. The quantitative estimate of drug-likeness (QED) is 0.682. The first kappa shape index (κ1) is 22.8. The number of anilines is 1. The number of ether oxygens (including phenoxy) is 1. The van der Waals surface area contributed by atoms with Gasteiger partial charge < -0.3 is 19.4 Å². The van der Waals surface area contributed by atoms with Gasteiger partial charge in [-0.25, -0.2) is 8.42 Å². The first-order valence-corrected chi connectivity index (χ1v) is 12.7. The third kappa shape index (κ3) is 5.16. The zero-order chi connectivity index (χ0) is 22.6. The van der Waals surface area contributed by atoms with E-state index in [1.165, 1.54) is 16.8 Å². The van der Waals surface area contributed by atoms with Crippen molar-refractivity contribution in [1.82, 2.24) is 9.62 Å². The van der Waals surface area contributed by atoms with Crippen molar-refractivity contribution in [1.29, 1.82) is 0 Å². The summed E-state index contributed by atoms with van der Waals surface area (Å²) in [5.74, 6) is 0.515. The van der Waals surface area contributed by atoms with Crippen LogP contribution in [-0.2, 0) is 21.2 Å². The van der Waals surface area contributed by atoms with E-state index in [4.69, 9.17) is 9.15 Å². The summed E-state index contributed by atoms with van der Waals surface area (Å²) in [6.07, 6.45) is 5.46. The molecule has 2 saturated heterocycles. The van der Waals surface area contributed by atoms with E-state index in [1.807, 2.05) is 19.1 Å². The summed E-state index contributed by atoms with van der Waals surface area (Å²) in [5.41, 5.74) is 1.18. The van der Waals surface area contributed by atoms with Gasteiger partial charge in [-0.15, -0.1) is 0 Å². The number of hydrogen-bond donors (Lipinski definition) is 1. The minimum absolute atomic E-state index is 0.143. The van der Waals surface area contributed by atoms with Crippen LogP contribution in [0.5, 0.6) is 0 Å². The summed E-state index contributed by atoms with van der Waals surface area (Å²) >= 11 is 0. The lowest BCUT2D eigenvalue weighted by Gasteiger charge is -2.31. The summed E-state index contributed by atoms with van der Waals surface area (Å²) < 4.78 is 38.5. The van der Waals surface area contributed by atoms with Gasteiger partial charge in [0.2, 0.25) is 10.0 Å². The van der Waals surface area contributed by atoms with Crippen LogP contribution in [0.1, 0.15) is 42.3 Å². The third-order valence-corrected chi connectivity index (χ3v) is 7.88. The maximum absolute atomic E-state index is 13.3. The summed E-state index contributed by atoms with van der Waals surface area (Å²) in [5, 5.41) is 3.02. The van der Waals surface area contributed by atoms with Gasteiger partial charge in [-0.1, -0.05) is 0 Å². The molecule has 2 aromatic rings. The summed E-state index contributed by atoms with van der Waals surface area (Å²) in [6.45, 7) is 5.02. The van der Waals surface area contributed by atoms with Crippen molar-refractivity contribution in [3.8, 4) is 0 Å². The number of nitrogens with one attached hydrogen (secondary N) is 1. The van der Waals surface area contributed by atoms with Crippen LogP contribution in [0.25, 0.3) is 0 Å². The molecule has 1 aromatic carbocycles. The molecule has 0 spiro atoms. The predicted molar refractivity (Wildman–Crippen MR) is 121 cm³/mol. The van der Waals surface area contributed by atoms with Crippen LogP contribution in [0, 0.1) is 0 Å². The fraction of sp³-hybridized carbons (Fsp3) is 0.522. The first-order chi connectivity index (χ1) is 15.4. The van der Waals surface area contributed by atoms with Crippen molar-refractivity contribution in [2.45, 2.75) is 43.5 Å². The van der Waals surface area contributed by atoms with E-state index in [0.717, 1.165) is 37.4 Å². The van der Waals surface area contributed by atoms with Crippen molar-refractivity contribution < 1.29 is 22.4 Å². The molecule has 1 unspecified atom stereocenters. The maximum atomic E-state index is 13.3. The summed E-state index contributed by atoms with van der Waals surface area (Å²) in [6, 6.07) is 8.46. The van der Waals surface area contributed by atoms with Crippen LogP contribution in [0.4, 0.5) is 5.69 Å². The van der Waals surface area contributed by atoms with Gasteiger partial charge in [-0.05, 0) is 56.5 Å². The Hall–Kier alpha value is -2.36. The second-order valence-electron chi connectivity index (χ2n) is 8.40. The number of hydrogen-bond acceptors (Lipinski definition) is 6. The van der Waals surface area contributed by atoms with Crippen LogP contribution in [0.15, 0.2) is 45.9 Å². The van der Waals surface area contributed by atoms with E-state index in [9.17, 15) is 13.2 Å². The highest BCUT2D eigenvalue weighted by Crippen LogP contribution is 2.28. The van der Waals surface area contributed by atoms with Gasteiger partial charge in [-0.3, -0.25) is 4.79 Å². The van der Waals surface area contributed by atoms with Crippen molar-refractivity contribution >= 4 is 21.6 Å². The van der Waals surface area contributed by atoms with E-state index < -0.39 is 10.0 Å². The van der Waals surface area contributed by atoms with Crippen molar-refractivity contribution in [2.75, 3.05) is 44.3 Å². The van der Waals surface area contributed by atoms with Gasteiger partial charge in [0.25, 0.3) is 5.91 Å². The molecule has 1 amide bonds. The molecule has 2 fully saturated rings. The fourth-order valence-corrected chi connectivity index (χ4v) is 5.72. The van der Waals surface area contributed by atoms with E-state index in [-0.39, 0.29) is 16.8 Å². The number of benzene rings is 1. The molecule has 0 saturated carbocycles. The van der Waals surface area contributed by atoms with E-state index in [1.54, 1.807) is 18.4 Å². The lowest BCUT2D eigenvalue weighted by atomic mass is 10.1. The topological polar surface area (TPSA) is 92.1 Å². The molecule has 8 nitrogen and oxygen atoms in total. The second-order valence-corrected chi connectivity index (χ2v) is 10.3. The van der Waals surface area contributed by atoms with Crippen molar-refractivity contribution in [3.05, 3.63) is 47.9 Å². The fourth-order valence-electron chi connectivity index (χ4n) is 4.29. The van der Waals surface area contributed by atoms with E-state index in [2.05, 4.69) is 10.2 Å². The number of amides is 1. The number of nitrogens with zero attached hydrogens (tertiary/aromatic N) is 2. The Morgan fingerprint density at radius 2 is 1.84 bits per heavy atom. The maximum Gasteiger partial charge on any atom is 0.253 e. The Labute approximate surface area is 189 Å². The molecule has 174 valence electrons. The van der Waals surface area contributed by atoms with Crippen LogP contribution in [0.2, 0.25) is 0 Å². The minimum atomic E-state index is -3.70. The number of sulfonamides is 1. The zero-order valence-corrected chi connectivity index (χ0v) is 19.3. The normalized spacial score (nSPS) is 19.0. The number of carbonyl (C=O) groups is 1. The van der Waals surface area contributed by atoms with Gasteiger partial charge in [-0.2, -0.15) is 4.31 Å². The summed E-state index contributed by atoms with van der Waals surface area (Å²) in [7, 11) is -3.70. The molecule has 2 aliphatic rings. The molecule has 0 radical (unpaired) electrons. The van der Waals surface area contributed by atoms with E-state index in [0.29, 0.717) is 38.3 Å². The Morgan fingerprint density at radius 1 is 1.09 bits per heavy atom. The minimum Gasteiger partial charge on any atom is -0.469 e. The van der Waals surface area contributed by atoms with Gasteiger partial charge >= 0.3 is 0 Å². The molecule has 1 N–H and O–H groups in total. The highest BCUT2D eigenvalue weighted by Gasteiger charge is 2.29. The van der Waals surface area contributed by atoms with Crippen molar-refractivity contribution in [2.24, 2.45) is 0 Å². The lowest BCUT2D eigenvalue weighted by Crippen LogP contribution is -2.41. The monoisotopic (exact) mass is 461 g/mol. The highest BCUT2D eigenvalue weighted by atomic mass is 32.2. The van der Waals surface area contributed by atoms with Crippen LogP contribution >= 0.6 is 0 Å². The van der Waals surface area contributed by atoms with Crippen LogP contribution in [0.3, 0.4) is 0 Å². The SMILES string of the molecule is CC(Cc1ccco1)NC(=O)c1cc(S(=O)(=O)N2CCOCC2)ccc1N1CCCCC1. The van der Waals surface area contributed by atoms with Gasteiger partial charge in [0.05, 0.1) is 29.9 Å². The molecule has 2 aliphatic heterocycles. The van der Waals surface area contributed by atoms with Gasteiger partial charge in [0, 0.05) is 44.3 Å². The molecule has 9 heteroatoms. The van der Waals surface area contributed by atoms with Crippen LogP contribution in [-0.4, -0.2) is 64.1 Å². The number of carbonyl (C=O) groups excluding carboxylic acids is 1. The van der Waals surface area contributed by atoms with Gasteiger partial charge in [0.1, 0.15) is 5.76 Å². The average molecular weight is 462 g/mol. The number of rotatable bonds is 7. The third-order valence-electron chi connectivity index (χ3n) is 5.98. The molecule has 1 aromatic heterocycles. The molecule has 0 aliphatic carbocycles. The molecule has 0 bridgehead atoms. The highest BCUT2D eigenvalue weighted by molar-refractivity contribution is 7.89. The number of morpholine rings is 1. The standard InChI is InChI=1S/C23H31N3O5S/c1-18(16-19-6-5-13-31-19)24-23(27)21-17-20(32(28,29)26-11-14-30-15-12-26)7-8-22(21)25-9-3-2-4-10-25/h5-8,13,17-18H,2-4,9-12,14-16H2,1H3,(H,24,27). The Balaban J connectivity index is 1.62. The first-order valence-electron chi connectivity index (χ1n) is 11.3. The lowest BCUT2D eigenvalue weighted by molar-refractivity contribution is 0.0730. The molecule has 32 heavy (non-hydrogen) atoms. The van der Waals surface area contributed by atoms with Gasteiger partial charge in [0.15, 0.2) is 0 Å². The Morgan fingerprint density at radius 3 is 2.53 bits per heavy atom. The smallest absolute Gasteiger partial charge is 0.253 e. The number of furan rings is 1. The summed E-state index contributed by atoms with van der Waals surface area (Å²) in [4.78, 5) is 15.6. The zero-order valence-electron chi connectivity index (χ0n) is 18.5. The molecule has 3 heterocycles.